The molecule has 3 aromatic carbocycles. The van der Waals surface area contributed by atoms with Crippen molar-refractivity contribution in [1.82, 2.24) is 14.7 Å². The van der Waals surface area contributed by atoms with E-state index >= 15 is 0 Å². The molecule has 0 saturated carbocycles. The van der Waals surface area contributed by atoms with Crippen molar-refractivity contribution in [2.45, 2.75) is 18.2 Å². The Kier molecular flexibility index (Phi) is 5.37. The van der Waals surface area contributed by atoms with E-state index in [1.54, 1.807) is 22.5 Å². The second-order valence-corrected chi connectivity index (χ2v) is 8.31. The van der Waals surface area contributed by atoms with Crippen LogP contribution in [0.25, 0.3) is 39.3 Å². The van der Waals surface area contributed by atoms with Crippen molar-refractivity contribution in [3.05, 3.63) is 94.9 Å². The van der Waals surface area contributed by atoms with Crippen LogP contribution in [0, 0.1) is 0 Å². The predicted octanol–water partition coefficient (Wildman–Crippen LogP) is 5.99. The van der Waals surface area contributed by atoms with Crippen LogP contribution in [0.1, 0.15) is 12.5 Å². The van der Waals surface area contributed by atoms with Gasteiger partial charge in [-0.05, 0) is 60.7 Å². The lowest BCUT2D eigenvalue weighted by Crippen LogP contribution is -2.18. The van der Waals surface area contributed by atoms with Crippen molar-refractivity contribution < 1.29 is 4.52 Å². The summed E-state index contributed by atoms with van der Waals surface area (Å²) >= 11 is 1.68. The second-order valence-electron chi connectivity index (χ2n) is 7.44. The third-order valence-electron chi connectivity index (χ3n) is 5.55. The van der Waals surface area contributed by atoms with Crippen molar-refractivity contribution >= 4 is 22.5 Å². The SMILES string of the molecule is CCc1ccc(-n2cc(-c3nc(-c4ccc(SC)cc4)no3)c3ccccc3c2=O)cc1. The lowest BCUT2D eigenvalue weighted by atomic mass is 10.1. The van der Waals surface area contributed by atoms with Crippen LogP contribution in [0.4, 0.5) is 0 Å². The van der Waals surface area contributed by atoms with Gasteiger partial charge in [0.25, 0.3) is 11.4 Å². The fraction of sp³-hybridized carbons (Fsp3) is 0.115. The summed E-state index contributed by atoms with van der Waals surface area (Å²) in [5, 5.41) is 5.58. The summed E-state index contributed by atoms with van der Waals surface area (Å²) in [4.78, 5) is 19.1. The zero-order chi connectivity index (χ0) is 22.1. The van der Waals surface area contributed by atoms with Crippen molar-refractivity contribution in [3.8, 4) is 28.5 Å². The summed E-state index contributed by atoms with van der Waals surface area (Å²) in [7, 11) is 0. The molecule has 0 radical (unpaired) electrons. The Labute approximate surface area is 189 Å². The van der Waals surface area contributed by atoms with Crippen LogP contribution in [-0.2, 0) is 6.42 Å². The minimum absolute atomic E-state index is 0.0824. The van der Waals surface area contributed by atoms with Gasteiger partial charge in [-0.2, -0.15) is 4.98 Å². The minimum Gasteiger partial charge on any atom is -0.334 e. The Balaban J connectivity index is 1.66. The molecule has 0 aliphatic rings. The zero-order valence-electron chi connectivity index (χ0n) is 17.8. The highest BCUT2D eigenvalue weighted by atomic mass is 32.2. The van der Waals surface area contributed by atoms with Gasteiger partial charge in [-0.1, -0.05) is 42.4 Å². The number of rotatable bonds is 5. The smallest absolute Gasteiger partial charge is 0.262 e. The number of aryl methyl sites for hydroxylation is 1. The van der Waals surface area contributed by atoms with E-state index in [2.05, 4.69) is 17.1 Å². The van der Waals surface area contributed by atoms with Gasteiger partial charge in [0.15, 0.2) is 0 Å². The number of hydrogen-bond acceptors (Lipinski definition) is 5. The van der Waals surface area contributed by atoms with E-state index in [0.29, 0.717) is 17.1 Å². The molecule has 5 rings (SSSR count). The van der Waals surface area contributed by atoms with Crippen LogP contribution in [0.3, 0.4) is 0 Å². The molecule has 0 fully saturated rings. The van der Waals surface area contributed by atoms with E-state index < -0.39 is 0 Å². The normalized spacial score (nSPS) is 11.2. The highest BCUT2D eigenvalue weighted by Crippen LogP contribution is 2.29. The molecule has 0 spiro atoms. The first kappa shape index (κ1) is 20.3. The van der Waals surface area contributed by atoms with Crippen LogP contribution in [0.5, 0.6) is 0 Å². The molecule has 0 saturated heterocycles. The average molecular weight is 440 g/mol. The molecule has 2 aromatic heterocycles. The molecule has 5 aromatic rings. The monoisotopic (exact) mass is 439 g/mol. The van der Waals surface area contributed by atoms with Gasteiger partial charge in [-0.15, -0.1) is 11.8 Å². The molecular formula is C26H21N3O2S. The van der Waals surface area contributed by atoms with Crippen LogP contribution in [0.15, 0.2) is 93.2 Å². The number of hydrogen-bond donors (Lipinski definition) is 0. The Hall–Kier alpha value is -3.64. The van der Waals surface area contributed by atoms with Crippen LogP contribution < -0.4 is 5.56 Å². The summed E-state index contributed by atoms with van der Waals surface area (Å²) in [6.45, 7) is 2.11. The van der Waals surface area contributed by atoms with Crippen LogP contribution >= 0.6 is 11.8 Å². The molecule has 0 aliphatic heterocycles. The molecule has 0 amide bonds. The molecule has 0 aliphatic carbocycles. The Bertz CT molecular complexity index is 1450. The van der Waals surface area contributed by atoms with Gasteiger partial charge in [0, 0.05) is 33.1 Å². The van der Waals surface area contributed by atoms with Crippen molar-refractivity contribution in [2.24, 2.45) is 0 Å². The van der Waals surface area contributed by atoms with Gasteiger partial charge in [0.2, 0.25) is 5.82 Å². The molecular weight excluding hydrogens is 418 g/mol. The van der Waals surface area contributed by atoms with Gasteiger partial charge in [0.1, 0.15) is 0 Å². The van der Waals surface area contributed by atoms with Gasteiger partial charge in [-0.25, -0.2) is 0 Å². The van der Waals surface area contributed by atoms with Crippen LogP contribution in [0.2, 0.25) is 0 Å². The lowest BCUT2D eigenvalue weighted by Gasteiger charge is -2.11. The standard InChI is InChI=1S/C26H21N3O2S/c1-3-17-8-12-19(13-9-17)29-16-23(21-6-4-5-7-22(21)26(29)30)25-27-24(28-31-25)18-10-14-20(32-2)15-11-18/h4-16H,3H2,1-2H3. The highest BCUT2D eigenvalue weighted by molar-refractivity contribution is 7.98. The van der Waals surface area contributed by atoms with E-state index in [1.807, 2.05) is 79.1 Å². The Morgan fingerprint density at radius 3 is 2.34 bits per heavy atom. The number of pyridine rings is 1. The first-order valence-electron chi connectivity index (χ1n) is 10.4. The van der Waals surface area contributed by atoms with E-state index in [1.165, 1.54) is 10.5 Å². The van der Waals surface area contributed by atoms with Gasteiger partial charge in [0.05, 0.1) is 5.56 Å². The van der Waals surface area contributed by atoms with E-state index in [9.17, 15) is 4.79 Å². The van der Waals surface area contributed by atoms with E-state index in [0.717, 1.165) is 28.6 Å². The molecule has 0 unspecified atom stereocenters. The molecule has 0 bridgehead atoms. The lowest BCUT2D eigenvalue weighted by molar-refractivity contribution is 0.432. The maximum absolute atomic E-state index is 13.2. The topological polar surface area (TPSA) is 60.9 Å². The highest BCUT2D eigenvalue weighted by Gasteiger charge is 2.17. The number of thioether (sulfide) groups is 1. The maximum atomic E-state index is 13.2. The Morgan fingerprint density at radius 1 is 0.938 bits per heavy atom. The van der Waals surface area contributed by atoms with Crippen molar-refractivity contribution in [3.63, 3.8) is 0 Å². The fourth-order valence-electron chi connectivity index (χ4n) is 3.74. The van der Waals surface area contributed by atoms with Crippen molar-refractivity contribution in [1.29, 1.82) is 0 Å². The predicted molar refractivity (Wildman–Crippen MR) is 129 cm³/mol. The third kappa shape index (κ3) is 3.63. The Morgan fingerprint density at radius 2 is 1.66 bits per heavy atom. The first-order chi connectivity index (χ1) is 15.7. The van der Waals surface area contributed by atoms with E-state index in [-0.39, 0.29) is 5.56 Å². The number of benzene rings is 3. The molecule has 32 heavy (non-hydrogen) atoms. The first-order valence-corrected chi connectivity index (χ1v) is 11.6. The summed E-state index contributed by atoms with van der Waals surface area (Å²) in [6, 6.07) is 23.6. The van der Waals surface area contributed by atoms with Crippen LogP contribution in [-0.4, -0.2) is 21.0 Å². The van der Waals surface area contributed by atoms with Crippen molar-refractivity contribution in [2.75, 3.05) is 6.26 Å². The average Bonchev–Trinajstić information content (AvgIpc) is 3.35. The summed E-state index contributed by atoms with van der Waals surface area (Å²) in [5.74, 6) is 0.894. The summed E-state index contributed by atoms with van der Waals surface area (Å²) in [6.07, 6.45) is 4.78. The second kappa shape index (κ2) is 8.48. The van der Waals surface area contributed by atoms with Gasteiger partial charge >= 0.3 is 0 Å². The third-order valence-corrected chi connectivity index (χ3v) is 6.30. The largest absolute Gasteiger partial charge is 0.334 e. The number of aromatic nitrogens is 3. The van der Waals surface area contributed by atoms with Gasteiger partial charge in [-0.3, -0.25) is 9.36 Å². The van der Waals surface area contributed by atoms with E-state index in [4.69, 9.17) is 4.52 Å². The molecule has 2 heterocycles. The molecule has 5 nitrogen and oxygen atoms in total. The summed E-state index contributed by atoms with van der Waals surface area (Å²) in [5.41, 5.74) is 3.54. The molecule has 0 N–H and O–H groups in total. The molecule has 0 atom stereocenters. The molecule has 158 valence electrons. The quantitative estimate of drug-likeness (QED) is 0.315. The number of nitrogens with zero attached hydrogens (tertiary/aromatic N) is 3. The molecule has 6 heteroatoms. The number of fused-ring (bicyclic) bond motifs is 1. The zero-order valence-corrected chi connectivity index (χ0v) is 18.6. The maximum Gasteiger partial charge on any atom is 0.262 e. The summed E-state index contributed by atoms with van der Waals surface area (Å²) < 4.78 is 7.30. The fourth-order valence-corrected chi connectivity index (χ4v) is 4.14. The minimum atomic E-state index is -0.0824. The van der Waals surface area contributed by atoms with Gasteiger partial charge < -0.3 is 4.52 Å².